The Kier molecular flexibility index (Phi) is 4.74. The Balaban J connectivity index is 1.28. The number of carbonyl (C=O) groups is 1. The Hall–Kier alpha value is -2.50. The molecule has 0 N–H and O–H groups in total. The molecular weight excluding hydrogens is 424 g/mol. The number of methoxy groups -OCH3 is 1. The molecule has 2 aromatic rings. The van der Waals surface area contributed by atoms with E-state index in [1.807, 2.05) is 30.3 Å². The summed E-state index contributed by atoms with van der Waals surface area (Å²) in [6.45, 7) is 2.98. The van der Waals surface area contributed by atoms with E-state index in [1.54, 1.807) is 7.11 Å². The normalized spacial score (nSPS) is 28.8. The number of rotatable bonds is 4. The Bertz CT molecular complexity index is 1120. The van der Waals surface area contributed by atoms with Gasteiger partial charge in [0.2, 0.25) is 5.91 Å². The van der Waals surface area contributed by atoms with Gasteiger partial charge in [-0.1, -0.05) is 35.9 Å². The third kappa shape index (κ3) is 2.91. The van der Waals surface area contributed by atoms with Crippen LogP contribution in [0.25, 0.3) is 6.08 Å². The average molecular weight is 451 g/mol. The van der Waals surface area contributed by atoms with E-state index in [2.05, 4.69) is 28.0 Å². The third-order valence-electron chi connectivity index (χ3n) is 7.77. The molecule has 0 bridgehead atoms. The molecule has 0 aromatic heterocycles. The molecule has 32 heavy (non-hydrogen) atoms. The van der Waals surface area contributed by atoms with Gasteiger partial charge in [-0.3, -0.25) is 9.69 Å². The Morgan fingerprint density at radius 2 is 2.12 bits per heavy atom. The van der Waals surface area contributed by atoms with Crippen molar-refractivity contribution >= 4 is 23.6 Å². The molecule has 166 valence electrons. The van der Waals surface area contributed by atoms with Crippen LogP contribution in [0.15, 0.2) is 48.0 Å². The minimum absolute atomic E-state index is 0.263. The Labute approximate surface area is 193 Å². The highest BCUT2D eigenvalue weighted by molar-refractivity contribution is 6.30. The number of halogens is 1. The van der Waals surface area contributed by atoms with Gasteiger partial charge in [0.1, 0.15) is 12.1 Å². The van der Waals surface area contributed by atoms with Gasteiger partial charge in [-0.25, -0.2) is 0 Å². The molecule has 0 unspecified atom stereocenters. The number of hydrogen-bond donors (Lipinski definition) is 0. The molecule has 6 rings (SSSR count). The van der Waals surface area contributed by atoms with Crippen LogP contribution in [-0.2, 0) is 11.3 Å². The summed E-state index contributed by atoms with van der Waals surface area (Å²) in [5, 5.41) is 0.719. The van der Waals surface area contributed by atoms with Crippen LogP contribution >= 0.6 is 11.6 Å². The standard InChI is InChI=1S/C26H27ClN2O3/c1-31-23-8-3-6-18-12-19(16-32-24(18)23)22-13-20-15-28(14-17-5-2-7-21(27)11-17)25(30)26(20)9-4-10-29(22)26/h2-3,5-8,11-12,20,22H,4,9-10,13-16H2,1H3/t20-,22-,26-/m0/s1. The summed E-state index contributed by atoms with van der Waals surface area (Å²) in [7, 11) is 1.67. The monoisotopic (exact) mass is 450 g/mol. The number of ether oxygens (including phenoxy) is 2. The quantitative estimate of drug-likeness (QED) is 0.692. The minimum atomic E-state index is -0.348. The molecule has 2 aromatic carbocycles. The first-order valence-corrected chi connectivity index (χ1v) is 11.8. The van der Waals surface area contributed by atoms with E-state index in [-0.39, 0.29) is 11.6 Å². The van der Waals surface area contributed by atoms with Crippen molar-refractivity contribution in [2.45, 2.75) is 37.4 Å². The van der Waals surface area contributed by atoms with Crippen molar-refractivity contribution in [2.24, 2.45) is 5.92 Å². The molecule has 0 aliphatic carbocycles. The lowest BCUT2D eigenvalue weighted by molar-refractivity contribution is -0.137. The third-order valence-corrected chi connectivity index (χ3v) is 8.01. The molecule has 0 radical (unpaired) electrons. The largest absolute Gasteiger partial charge is 0.493 e. The maximum atomic E-state index is 13.8. The number of hydrogen-bond acceptors (Lipinski definition) is 4. The molecule has 6 heteroatoms. The molecule has 3 atom stereocenters. The first-order chi connectivity index (χ1) is 15.6. The second-order valence-corrected chi connectivity index (χ2v) is 9.81. The molecule has 4 aliphatic rings. The second kappa shape index (κ2) is 7.53. The molecule has 4 heterocycles. The zero-order chi connectivity index (χ0) is 21.9. The molecule has 3 saturated heterocycles. The van der Waals surface area contributed by atoms with Gasteiger partial charge >= 0.3 is 0 Å². The van der Waals surface area contributed by atoms with Gasteiger partial charge in [0, 0.05) is 35.6 Å². The summed E-state index contributed by atoms with van der Waals surface area (Å²) >= 11 is 6.17. The predicted molar refractivity (Wildman–Crippen MR) is 124 cm³/mol. The summed E-state index contributed by atoms with van der Waals surface area (Å²) in [4.78, 5) is 18.3. The molecule has 5 nitrogen and oxygen atoms in total. The number of carbonyl (C=O) groups excluding carboxylic acids is 1. The van der Waals surface area contributed by atoms with Crippen LogP contribution in [-0.4, -0.2) is 54.1 Å². The van der Waals surface area contributed by atoms with Gasteiger partial charge in [0.15, 0.2) is 11.5 Å². The summed E-state index contributed by atoms with van der Waals surface area (Å²) in [6.07, 6.45) is 5.29. The average Bonchev–Trinajstić information content (AvgIpc) is 3.43. The van der Waals surface area contributed by atoms with E-state index < -0.39 is 0 Å². The van der Waals surface area contributed by atoms with Crippen LogP contribution in [0.4, 0.5) is 0 Å². The van der Waals surface area contributed by atoms with Crippen LogP contribution in [0.3, 0.4) is 0 Å². The van der Waals surface area contributed by atoms with Crippen LogP contribution in [0, 0.1) is 5.92 Å². The van der Waals surface area contributed by atoms with Crippen molar-refractivity contribution in [3.8, 4) is 11.5 Å². The van der Waals surface area contributed by atoms with Gasteiger partial charge in [0.05, 0.1) is 7.11 Å². The van der Waals surface area contributed by atoms with E-state index in [0.717, 1.165) is 60.0 Å². The second-order valence-electron chi connectivity index (χ2n) is 9.37. The fourth-order valence-electron chi connectivity index (χ4n) is 6.47. The van der Waals surface area contributed by atoms with Crippen LogP contribution in [0.5, 0.6) is 11.5 Å². The van der Waals surface area contributed by atoms with E-state index in [4.69, 9.17) is 21.1 Å². The number of fused-ring (bicyclic) bond motifs is 1. The van der Waals surface area contributed by atoms with E-state index in [0.29, 0.717) is 25.0 Å². The number of nitrogens with zero attached hydrogens (tertiary/aromatic N) is 2. The fraction of sp³-hybridized carbons (Fsp3) is 0.423. The van der Waals surface area contributed by atoms with E-state index in [9.17, 15) is 4.79 Å². The summed E-state index contributed by atoms with van der Waals surface area (Å²) in [5.41, 5.74) is 3.08. The molecule has 0 saturated carbocycles. The van der Waals surface area contributed by atoms with Crippen LogP contribution in [0.2, 0.25) is 5.02 Å². The Morgan fingerprint density at radius 1 is 1.25 bits per heavy atom. The maximum absolute atomic E-state index is 13.8. The highest BCUT2D eigenvalue weighted by Crippen LogP contribution is 2.53. The van der Waals surface area contributed by atoms with Gasteiger partial charge in [-0.05, 0) is 61.2 Å². The summed E-state index contributed by atoms with van der Waals surface area (Å²) in [6, 6.07) is 14.1. The number of likely N-dealkylation sites (tertiary alicyclic amines) is 1. The topological polar surface area (TPSA) is 42.0 Å². The van der Waals surface area contributed by atoms with Crippen molar-refractivity contribution in [1.29, 1.82) is 0 Å². The highest BCUT2D eigenvalue weighted by Gasteiger charge is 2.65. The van der Waals surface area contributed by atoms with Crippen LogP contribution in [0.1, 0.15) is 30.4 Å². The van der Waals surface area contributed by atoms with E-state index >= 15 is 0 Å². The van der Waals surface area contributed by atoms with Gasteiger partial charge in [-0.2, -0.15) is 0 Å². The number of amides is 1. The highest BCUT2D eigenvalue weighted by atomic mass is 35.5. The lowest BCUT2D eigenvalue weighted by atomic mass is 9.85. The van der Waals surface area contributed by atoms with Gasteiger partial charge in [-0.15, -0.1) is 0 Å². The zero-order valence-electron chi connectivity index (χ0n) is 18.2. The SMILES string of the molecule is COc1cccc2c1OCC([C@@H]1C[C@H]3CN(Cc4cccc(Cl)c4)C(=O)[C@]34CCCN14)=C2. The number of para-hydroxylation sites is 1. The Morgan fingerprint density at radius 3 is 2.97 bits per heavy atom. The predicted octanol–water partition coefficient (Wildman–Crippen LogP) is 4.39. The minimum Gasteiger partial charge on any atom is -0.493 e. The van der Waals surface area contributed by atoms with Crippen molar-refractivity contribution in [3.63, 3.8) is 0 Å². The van der Waals surface area contributed by atoms with Gasteiger partial charge < -0.3 is 14.4 Å². The molecule has 1 amide bonds. The lowest BCUT2D eigenvalue weighted by Gasteiger charge is -2.35. The molecular formula is C26H27ClN2O3. The molecule has 3 fully saturated rings. The lowest BCUT2D eigenvalue weighted by Crippen LogP contribution is -2.51. The zero-order valence-corrected chi connectivity index (χ0v) is 19.0. The number of benzene rings is 2. The van der Waals surface area contributed by atoms with E-state index in [1.165, 1.54) is 5.57 Å². The van der Waals surface area contributed by atoms with Crippen molar-refractivity contribution in [2.75, 3.05) is 26.8 Å². The first-order valence-electron chi connectivity index (χ1n) is 11.4. The maximum Gasteiger partial charge on any atom is 0.243 e. The fourth-order valence-corrected chi connectivity index (χ4v) is 6.69. The molecule has 1 spiro atoms. The smallest absolute Gasteiger partial charge is 0.243 e. The van der Waals surface area contributed by atoms with Crippen molar-refractivity contribution < 1.29 is 14.3 Å². The van der Waals surface area contributed by atoms with Crippen molar-refractivity contribution in [3.05, 3.63) is 64.2 Å². The van der Waals surface area contributed by atoms with Crippen molar-refractivity contribution in [1.82, 2.24) is 9.80 Å². The van der Waals surface area contributed by atoms with Gasteiger partial charge in [0.25, 0.3) is 0 Å². The molecule has 4 aliphatic heterocycles. The first kappa shape index (κ1) is 20.1. The van der Waals surface area contributed by atoms with Crippen LogP contribution < -0.4 is 9.47 Å². The summed E-state index contributed by atoms with van der Waals surface area (Å²) in [5.74, 6) is 2.23. The summed E-state index contributed by atoms with van der Waals surface area (Å²) < 4.78 is 11.6.